The third-order valence-electron chi connectivity index (χ3n) is 5.05. The Labute approximate surface area is 140 Å². The Bertz CT molecular complexity index is 724. The topological polar surface area (TPSA) is 46.4 Å². The minimum atomic E-state index is -3.53. The summed E-state index contributed by atoms with van der Waals surface area (Å²) in [5.41, 5.74) is 2.36. The molecule has 0 N–H and O–H groups in total. The number of sulfonamides is 1. The third kappa shape index (κ3) is 2.81. The Morgan fingerprint density at radius 1 is 1.35 bits per heavy atom. The van der Waals surface area contributed by atoms with Gasteiger partial charge < -0.3 is 4.74 Å². The number of hydrogen-bond donors (Lipinski definition) is 0. The molecule has 2 rings (SSSR count). The van der Waals surface area contributed by atoms with Crippen molar-refractivity contribution in [3.63, 3.8) is 0 Å². The van der Waals surface area contributed by atoms with Gasteiger partial charge in [0.05, 0.1) is 18.0 Å². The second-order valence-electron chi connectivity index (χ2n) is 6.41. The van der Waals surface area contributed by atoms with Crippen molar-refractivity contribution in [2.24, 2.45) is 5.92 Å². The lowest BCUT2D eigenvalue weighted by Gasteiger charge is -2.17. The Balaban J connectivity index is 2.54. The van der Waals surface area contributed by atoms with Crippen molar-refractivity contribution in [3.8, 4) is 5.75 Å². The van der Waals surface area contributed by atoms with Crippen molar-refractivity contribution < 1.29 is 13.2 Å². The first-order chi connectivity index (χ1) is 10.7. The highest BCUT2D eigenvalue weighted by molar-refractivity contribution is 7.89. The van der Waals surface area contributed by atoms with E-state index in [1.54, 1.807) is 23.6 Å². The lowest BCUT2D eigenvalue weighted by atomic mass is 10.0. The van der Waals surface area contributed by atoms with E-state index in [-0.39, 0.29) is 12.1 Å². The highest BCUT2D eigenvalue weighted by Crippen LogP contribution is 2.44. The van der Waals surface area contributed by atoms with Gasteiger partial charge >= 0.3 is 0 Å². The van der Waals surface area contributed by atoms with Crippen molar-refractivity contribution in [1.82, 2.24) is 4.31 Å². The van der Waals surface area contributed by atoms with Crippen molar-refractivity contribution in [2.45, 2.75) is 58.0 Å². The first-order valence-electron chi connectivity index (χ1n) is 8.03. The van der Waals surface area contributed by atoms with Gasteiger partial charge in [0.15, 0.2) is 0 Å². The van der Waals surface area contributed by atoms with E-state index in [0.29, 0.717) is 10.8 Å². The molecule has 0 amide bonds. The molecule has 1 heterocycles. The molecule has 0 saturated carbocycles. The first-order valence-corrected chi connectivity index (χ1v) is 9.47. The number of rotatable bonds is 6. The van der Waals surface area contributed by atoms with Crippen LogP contribution in [0.15, 0.2) is 23.6 Å². The van der Waals surface area contributed by atoms with Gasteiger partial charge in [0.2, 0.25) is 10.0 Å². The van der Waals surface area contributed by atoms with Gasteiger partial charge in [-0.2, -0.15) is 4.31 Å². The lowest BCUT2D eigenvalue weighted by Crippen LogP contribution is -2.20. The average Bonchev–Trinajstić information content (AvgIpc) is 3.25. The van der Waals surface area contributed by atoms with Crippen LogP contribution in [0.1, 0.15) is 37.0 Å². The summed E-state index contributed by atoms with van der Waals surface area (Å²) in [7, 11) is -1.93. The molecule has 23 heavy (non-hydrogen) atoms. The molecule has 0 spiro atoms. The molecule has 1 aromatic rings. The SMILES string of the molecule is C=C[C@@H]1[C@H]([C@@H](C)CC)N1S(=O)(=O)c1c(C)cc(OC)c(C)c1C. The van der Waals surface area contributed by atoms with Gasteiger partial charge in [-0.15, -0.1) is 6.58 Å². The van der Waals surface area contributed by atoms with Gasteiger partial charge in [-0.05, 0) is 49.4 Å². The summed E-state index contributed by atoms with van der Waals surface area (Å²) in [4.78, 5) is 0.411. The highest BCUT2D eigenvalue weighted by Gasteiger charge is 2.56. The maximum Gasteiger partial charge on any atom is 0.244 e. The van der Waals surface area contributed by atoms with E-state index < -0.39 is 10.0 Å². The summed E-state index contributed by atoms with van der Waals surface area (Å²) >= 11 is 0. The van der Waals surface area contributed by atoms with Crippen LogP contribution in [0.4, 0.5) is 0 Å². The van der Waals surface area contributed by atoms with Crippen LogP contribution in [0.5, 0.6) is 5.75 Å². The van der Waals surface area contributed by atoms with Gasteiger partial charge in [-0.1, -0.05) is 26.3 Å². The Morgan fingerprint density at radius 2 is 1.96 bits per heavy atom. The molecule has 0 aromatic heterocycles. The maximum absolute atomic E-state index is 13.2. The molecule has 5 heteroatoms. The second-order valence-corrected chi connectivity index (χ2v) is 8.19. The summed E-state index contributed by atoms with van der Waals surface area (Å²) in [5, 5.41) is 0. The van der Waals surface area contributed by atoms with Crippen LogP contribution in [-0.4, -0.2) is 31.9 Å². The molecule has 0 bridgehead atoms. The molecule has 1 aliphatic heterocycles. The summed E-state index contributed by atoms with van der Waals surface area (Å²) in [6.07, 6.45) is 2.69. The smallest absolute Gasteiger partial charge is 0.244 e. The van der Waals surface area contributed by atoms with Gasteiger partial charge in [-0.3, -0.25) is 0 Å². The standard InChI is InChI=1S/C18H27NO3S/c1-8-11(3)17-15(9-2)19(17)23(20,21)18-12(4)10-16(22-7)13(5)14(18)6/h9-11,15,17H,2,8H2,1,3-7H3/t11-,15+,17-,19?/m0/s1. The molecule has 128 valence electrons. The third-order valence-corrected chi connectivity index (χ3v) is 7.24. The highest BCUT2D eigenvalue weighted by atomic mass is 32.2. The second kappa shape index (κ2) is 6.29. The zero-order valence-electron chi connectivity index (χ0n) is 14.9. The minimum absolute atomic E-state index is 0.0173. The molecule has 4 nitrogen and oxygen atoms in total. The molecule has 1 unspecified atom stereocenters. The van der Waals surface area contributed by atoms with Crippen LogP contribution in [0.25, 0.3) is 0 Å². The monoisotopic (exact) mass is 337 g/mol. The number of ether oxygens (including phenoxy) is 1. The van der Waals surface area contributed by atoms with Crippen LogP contribution in [0.2, 0.25) is 0 Å². The van der Waals surface area contributed by atoms with E-state index in [2.05, 4.69) is 20.4 Å². The van der Waals surface area contributed by atoms with E-state index in [0.717, 1.165) is 28.9 Å². The fourth-order valence-corrected chi connectivity index (χ4v) is 5.72. The molecular weight excluding hydrogens is 310 g/mol. The van der Waals surface area contributed by atoms with Crippen LogP contribution in [0, 0.1) is 26.7 Å². The minimum Gasteiger partial charge on any atom is -0.496 e. The Kier molecular flexibility index (Phi) is 4.92. The largest absolute Gasteiger partial charge is 0.496 e. The molecule has 1 aliphatic rings. The zero-order valence-corrected chi connectivity index (χ0v) is 15.7. The van der Waals surface area contributed by atoms with Crippen molar-refractivity contribution in [1.29, 1.82) is 0 Å². The van der Waals surface area contributed by atoms with E-state index in [1.807, 2.05) is 20.8 Å². The molecule has 1 fully saturated rings. The van der Waals surface area contributed by atoms with Gasteiger partial charge in [-0.25, -0.2) is 8.42 Å². The molecule has 1 saturated heterocycles. The van der Waals surface area contributed by atoms with E-state index in [9.17, 15) is 8.42 Å². The summed E-state index contributed by atoms with van der Waals surface area (Å²) in [5.74, 6) is 1.04. The summed E-state index contributed by atoms with van der Waals surface area (Å²) in [6.45, 7) is 13.6. The fourth-order valence-electron chi connectivity index (χ4n) is 3.37. The van der Waals surface area contributed by atoms with Crippen LogP contribution in [-0.2, 0) is 10.0 Å². The molecule has 0 aliphatic carbocycles. The van der Waals surface area contributed by atoms with Gasteiger partial charge in [0.25, 0.3) is 0 Å². The van der Waals surface area contributed by atoms with Crippen molar-refractivity contribution in [3.05, 3.63) is 35.4 Å². The molecule has 4 atom stereocenters. The van der Waals surface area contributed by atoms with Crippen LogP contribution in [0.3, 0.4) is 0 Å². The van der Waals surface area contributed by atoms with E-state index in [1.165, 1.54) is 0 Å². The maximum atomic E-state index is 13.2. The van der Waals surface area contributed by atoms with Crippen LogP contribution < -0.4 is 4.74 Å². The molecular formula is C18H27NO3S. The number of nitrogens with zero attached hydrogens (tertiary/aromatic N) is 1. The van der Waals surface area contributed by atoms with Gasteiger partial charge in [0, 0.05) is 6.04 Å². The number of methoxy groups -OCH3 is 1. The predicted molar refractivity (Wildman–Crippen MR) is 93.5 cm³/mol. The molecule has 0 radical (unpaired) electrons. The van der Waals surface area contributed by atoms with Crippen LogP contribution >= 0.6 is 0 Å². The number of benzene rings is 1. The average molecular weight is 337 g/mol. The van der Waals surface area contributed by atoms with Gasteiger partial charge in [0.1, 0.15) is 5.75 Å². The van der Waals surface area contributed by atoms with Crippen molar-refractivity contribution in [2.75, 3.05) is 7.11 Å². The lowest BCUT2D eigenvalue weighted by molar-refractivity contribution is 0.410. The van der Waals surface area contributed by atoms with Crippen molar-refractivity contribution >= 4 is 10.0 Å². The predicted octanol–water partition coefficient (Wildman–Crippen LogP) is 3.59. The number of aryl methyl sites for hydroxylation is 1. The number of hydrogen-bond acceptors (Lipinski definition) is 3. The first kappa shape index (κ1) is 18.0. The van der Waals surface area contributed by atoms with E-state index >= 15 is 0 Å². The quantitative estimate of drug-likeness (QED) is 0.589. The Morgan fingerprint density at radius 3 is 2.43 bits per heavy atom. The summed E-state index contributed by atoms with van der Waals surface area (Å²) < 4.78 is 33.4. The fraction of sp³-hybridized carbons (Fsp3) is 0.556. The van der Waals surface area contributed by atoms with E-state index in [4.69, 9.17) is 4.74 Å². The Hall–Kier alpha value is -1.33. The summed E-state index contributed by atoms with van der Waals surface area (Å²) in [6, 6.07) is 1.72. The normalized spacial score (nSPS) is 25.0. The molecule has 1 aromatic carbocycles. The zero-order chi connectivity index (χ0) is 17.5.